The molecule has 8 nitrogen and oxygen atoms in total. The zero-order chi connectivity index (χ0) is 27.2. The Bertz CT molecular complexity index is 1190. The molecule has 1 atom stereocenters. The predicted molar refractivity (Wildman–Crippen MR) is 146 cm³/mol. The lowest BCUT2D eigenvalue weighted by Crippen LogP contribution is -2.52. The zero-order valence-electron chi connectivity index (χ0n) is 22.5. The number of carbonyl (C=O) groups is 2. The van der Waals surface area contributed by atoms with Gasteiger partial charge in [0.1, 0.15) is 18.3 Å². The number of hydrogen-bond donors (Lipinski definition) is 1. The van der Waals surface area contributed by atoms with Gasteiger partial charge < -0.3 is 15.0 Å². The lowest BCUT2D eigenvalue weighted by molar-refractivity contribution is -0.139. The van der Waals surface area contributed by atoms with Gasteiger partial charge in [-0.15, -0.1) is 0 Å². The van der Waals surface area contributed by atoms with Gasteiger partial charge in [0.25, 0.3) is 0 Å². The van der Waals surface area contributed by atoms with E-state index in [1.165, 1.54) is 11.3 Å². The number of nitrogens with zero attached hydrogens (tertiary/aromatic N) is 2. The molecule has 2 aromatic carbocycles. The Morgan fingerprint density at radius 3 is 2.24 bits per heavy atom. The van der Waals surface area contributed by atoms with Gasteiger partial charge in [-0.3, -0.25) is 13.9 Å². The van der Waals surface area contributed by atoms with Gasteiger partial charge in [-0.1, -0.05) is 37.5 Å². The molecule has 0 radical (unpaired) electrons. The third-order valence-corrected chi connectivity index (χ3v) is 8.23. The first kappa shape index (κ1) is 28.5. The average molecular weight is 530 g/mol. The monoisotopic (exact) mass is 529 g/mol. The highest BCUT2D eigenvalue weighted by molar-refractivity contribution is 7.92. The van der Waals surface area contributed by atoms with Crippen LogP contribution >= 0.6 is 0 Å². The van der Waals surface area contributed by atoms with E-state index in [9.17, 15) is 18.0 Å². The molecule has 0 aromatic heterocycles. The number of anilines is 1. The Morgan fingerprint density at radius 2 is 1.68 bits per heavy atom. The van der Waals surface area contributed by atoms with E-state index in [4.69, 9.17) is 4.74 Å². The van der Waals surface area contributed by atoms with Crippen molar-refractivity contribution in [3.8, 4) is 5.75 Å². The van der Waals surface area contributed by atoms with Crippen LogP contribution in [-0.2, 0) is 26.2 Å². The molecule has 37 heavy (non-hydrogen) atoms. The molecule has 0 aliphatic heterocycles. The maximum atomic E-state index is 13.7. The molecule has 2 amide bonds. The molecule has 1 saturated carbocycles. The standard InChI is InChI=1S/C28H39N3O5S/c1-20-11-14-25(17-21(20)2)31(37(5,34)35)19-27(32)30(18-23-12-15-26(36-4)16-13-23)22(3)28(33)29-24-9-7-6-8-10-24/h11-17,22,24H,6-10,18-19H2,1-5H3,(H,29,33)/t22-/m0/s1. The van der Waals surface area contributed by atoms with E-state index < -0.39 is 28.5 Å². The summed E-state index contributed by atoms with van der Waals surface area (Å²) in [6, 6.07) is 11.9. The molecule has 3 rings (SSSR count). The van der Waals surface area contributed by atoms with E-state index in [-0.39, 0.29) is 18.5 Å². The molecule has 0 heterocycles. The first-order chi connectivity index (χ1) is 17.5. The van der Waals surface area contributed by atoms with E-state index in [0.29, 0.717) is 11.4 Å². The minimum absolute atomic E-state index is 0.102. The number of methoxy groups -OCH3 is 1. The fourth-order valence-electron chi connectivity index (χ4n) is 4.57. The Kier molecular flexibility index (Phi) is 9.59. The maximum Gasteiger partial charge on any atom is 0.244 e. The van der Waals surface area contributed by atoms with Crippen LogP contribution in [0.3, 0.4) is 0 Å². The van der Waals surface area contributed by atoms with E-state index >= 15 is 0 Å². The first-order valence-corrected chi connectivity index (χ1v) is 14.6. The molecule has 0 unspecified atom stereocenters. The van der Waals surface area contributed by atoms with Gasteiger partial charge in [-0.05, 0) is 74.6 Å². The lowest BCUT2D eigenvalue weighted by atomic mass is 9.95. The van der Waals surface area contributed by atoms with Crippen LogP contribution in [-0.4, -0.2) is 57.1 Å². The fraction of sp³-hybridized carbons (Fsp3) is 0.500. The molecule has 0 bridgehead atoms. The lowest BCUT2D eigenvalue weighted by Gasteiger charge is -2.33. The maximum absolute atomic E-state index is 13.7. The highest BCUT2D eigenvalue weighted by Crippen LogP contribution is 2.23. The summed E-state index contributed by atoms with van der Waals surface area (Å²) in [6.07, 6.45) is 6.27. The van der Waals surface area contributed by atoms with Crippen molar-refractivity contribution in [1.29, 1.82) is 0 Å². The van der Waals surface area contributed by atoms with Crippen LogP contribution in [0.15, 0.2) is 42.5 Å². The summed E-state index contributed by atoms with van der Waals surface area (Å²) < 4.78 is 31.8. The summed E-state index contributed by atoms with van der Waals surface area (Å²) in [4.78, 5) is 28.4. The van der Waals surface area contributed by atoms with Crippen LogP contribution in [0.5, 0.6) is 5.75 Å². The van der Waals surface area contributed by atoms with Gasteiger partial charge in [0.2, 0.25) is 21.8 Å². The first-order valence-electron chi connectivity index (χ1n) is 12.8. The van der Waals surface area contributed by atoms with E-state index in [1.807, 2.05) is 32.0 Å². The van der Waals surface area contributed by atoms with Crippen LogP contribution in [0.4, 0.5) is 5.69 Å². The molecule has 9 heteroatoms. The van der Waals surface area contributed by atoms with Crippen molar-refractivity contribution in [3.05, 3.63) is 59.2 Å². The second kappa shape index (κ2) is 12.4. The van der Waals surface area contributed by atoms with E-state index in [2.05, 4.69) is 5.32 Å². The topological polar surface area (TPSA) is 96.0 Å². The molecule has 1 fully saturated rings. The molecule has 1 N–H and O–H groups in total. The third kappa shape index (κ3) is 7.71. The zero-order valence-corrected chi connectivity index (χ0v) is 23.3. The second-order valence-corrected chi connectivity index (χ2v) is 11.8. The van der Waals surface area contributed by atoms with Crippen LogP contribution in [0, 0.1) is 13.8 Å². The van der Waals surface area contributed by atoms with Gasteiger partial charge in [-0.2, -0.15) is 0 Å². The van der Waals surface area contributed by atoms with Crippen LogP contribution < -0.4 is 14.4 Å². The molecular weight excluding hydrogens is 490 g/mol. The number of sulfonamides is 1. The van der Waals surface area contributed by atoms with Crippen LogP contribution in [0.1, 0.15) is 55.7 Å². The Labute approximate surface area is 221 Å². The number of rotatable bonds is 10. The number of nitrogens with one attached hydrogen (secondary N) is 1. The minimum atomic E-state index is -3.76. The molecule has 1 aliphatic carbocycles. The third-order valence-electron chi connectivity index (χ3n) is 7.09. The Balaban J connectivity index is 1.88. The largest absolute Gasteiger partial charge is 0.497 e. The highest BCUT2D eigenvalue weighted by atomic mass is 32.2. The number of hydrogen-bond acceptors (Lipinski definition) is 5. The summed E-state index contributed by atoms with van der Waals surface area (Å²) in [5.41, 5.74) is 3.18. The number of benzene rings is 2. The fourth-order valence-corrected chi connectivity index (χ4v) is 5.41. The average Bonchev–Trinajstić information content (AvgIpc) is 2.87. The van der Waals surface area contributed by atoms with Crippen molar-refractivity contribution >= 4 is 27.5 Å². The number of carbonyl (C=O) groups excluding carboxylic acids is 2. The molecular formula is C28H39N3O5S. The van der Waals surface area contributed by atoms with E-state index in [0.717, 1.165) is 52.9 Å². The molecule has 0 saturated heterocycles. The summed E-state index contributed by atoms with van der Waals surface area (Å²) >= 11 is 0. The summed E-state index contributed by atoms with van der Waals surface area (Å²) in [5, 5.41) is 3.10. The number of ether oxygens (including phenoxy) is 1. The number of aryl methyl sites for hydroxylation is 2. The van der Waals surface area contributed by atoms with Crippen molar-refractivity contribution in [2.75, 3.05) is 24.2 Å². The second-order valence-electron chi connectivity index (χ2n) is 9.93. The van der Waals surface area contributed by atoms with Gasteiger partial charge >= 0.3 is 0 Å². The quantitative estimate of drug-likeness (QED) is 0.503. The van der Waals surface area contributed by atoms with Crippen LogP contribution in [0.25, 0.3) is 0 Å². The summed E-state index contributed by atoms with van der Waals surface area (Å²) in [7, 11) is -2.18. The Hall–Kier alpha value is -3.07. The highest BCUT2D eigenvalue weighted by Gasteiger charge is 2.31. The van der Waals surface area contributed by atoms with Crippen molar-refractivity contribution in [2.45, 2.75) is 71.5 Å². The molecule has 0 spiro atoms. The van der Waals surface area contributed by atoms with Crippen molar-refractivity contribution in [2.24, 2.45) is 0 Å². The smallest absolute Gasteiger partial charge is 0.244 e. The van der Waals surface area contributed by atoms with Gasteiger partial charge in [0.15, 0.2) is 0 Å². The molecule has 202 valence electrons. The Morgan fingerprint density at radius 1 is 1.03 bits per heavy atom. The summed E-state index contributed by atoms with van der Waals surface area (Å²) in [6.45, 7) is 5.29. The van der Waals surface area contributed by atoms with Crippen LogP contribution in [0.2, 0.25) is 0 Å². The van der Waals surface area contributed by atoms with E-state index in [1.54, 1.807) is 38.3 Å². The summed E-state index contributed by atoms with van der Waals surface area (Å²) in [5.74, 6) is -0.000628. The molecule has 2 aromatic rings. The van der Waals surface area contributed by atoms with Gasteiger partial charge in [0.05, 0.1) is 19.1 Å². The molecule has 1 aliphatic rings. The van der Waals surface area contributed by atoms with Gasteiger partial charge in [-0.25, -0.2) is 8.42 Å². The van der Waals surface area contributed by atoms with Crippen molar-refractivity contribution in [3.63, 3.8) is 0 Å². The minimum Gasteiger partial charge on any atom is -0.497 e. The normalized spacial score (nSPS) is 15.1. The van der Waals surface area contributed by atoms with Gasteiger partial charge in [0, 0.05) is 12.6 Å². The van der Waals surface area contributed by atoms with Crippen molar-refractivity contribution in [1.82, 2.24) is 10.2 Å². The number of amides is 2. The SMILES string of the molecule is COc1ccc(CN(C(=O)CN(c2ccc(C)c(C)c2)S(C)(=O)=O)[C@@H](C)C(=O)NC2CCCCC2)cc1. The predicted octanol–water partition coefficient (Wildman–Crippen LogP) is 3.94. The van der Waals surface area contributed by atoms with Crippen molar-refractivity contribution < 1.29 is 22.7 Å².